The van der Waals surface area contributed by atoms with Gasteiger partial charge in [0.2, 0.25) is 5.91 Å². The summed E-state index contributed by atoms with van der Waals surface area (Å²) in [4.78, 5) is 26.3. The van der Waals surface area contributed by atoms with E-state index in [4.69, 9.17) is 5.73 Å². The van der Waals surface area contributed by atoms with E-state index in [1.54, 1.807) is 24.3 Å². The fourth-order valence-electron chi connectivity index (χ4n) is 2.18. The normalized spacial score (nSPS) is 12.3. The Bertz CT molecular complexity index is 792. The summed E-state index contributed by atoms with van der Waals surface area (Å²) in [7, 11) is 1.12. The number of nitrogens with one attached hydrogen (secondary N) is 1. The maximum atomic E-state index is 12.8. The molecule has 0 bridgehead atoms. The van der Waals surface area contributed by atoms with Gasteiger partial charge < -0.3 is 10.5 Å². The van der Waals surface area contributed by atoms with Gasteiger partial charge in [-0.1, -0.05) is 24.3 Å². The summed E-state index contributed by atoms with van der Waals surface area (Å²) in [6.45, 7) is 0. The van der Waals surface area contributed by atoms with Crippen molar-refractivity contribution in [3.8, 4) is 11.1 Å². The Morgan fingerprint density at radius 1 is 1.19 bits per heavy atom. The van der Waals surface area contributed by atoms with Crippen molar-refractivity contribution in [3.63, 3.8) is 0 Å². The molecule has 138 valence electrons. The molecule has 0 aliphatic carbocycles. The molecule has 1 heterocycles. The van der Waals surface area contributed by atoms with Gasteiger partial charge in [-0.15, -0.1) is 0 Å². The molecule has 2 amide bonds. The Kier molecular flexibility index (Phi) is 5.93. The number of amides is 2. The highest BCUT2D eigenvalue weighted by molar-refractivity contribution is 5.94. The molecule has 1 aromatic heterocycles. The van der Waals surface area contributed by atoms with Gasteiger partial charge in [-0.25, -0.2) is 4.79 Å². The van der Waals surface area contributed by atoms with Crippen molar-refractivity contribution in [2.75, 3.05) is 7.11 Å². The number of halogens is 3. The van der Waals surface area contributed by atoms with Gasteiger partial charge in [-0.2, -0.15) is 13.2 Å². The first kappa shape index (κ1) is 19.4. The number of carbonyl (C=O) groups is 2. The minimum absolute atomic E-state index is 0.143. The van der Waals surface area contributed by atoms with Crippen LogP contribution in [0.4, 0.5) is 18.0 Å². The summed E-state index contributed by atoms with van der Waals surface area (Å²) in [6, 6.07) is 6.53. The molecule has 9 heteroatoms. The second-order valence-corrected chi connectivity index (χ2v) is 5.45. The number of rotatable bonds is 4. The van der Waals surface area contributed by atoms with Crippen LogP contribution >= 0.6 is 0 Å². The molecule has 1 aromatic carbocycles. The zero-order chi connectivity index (χ0) is 19.3. The van der Waals surface area contributed by atoms with E-state index < -0.39 is 29.8 Å². The van der Waals surface area contributed by atoms with E-state index in [0.29, 0.717) is 16.7 Å². The second kappa shape index (κ2) is 7.96. The van der Waals surface area contributed by atoms with Gasteiger partial charge in [0.05, 0.1) is 18.7 Å². The average molecular weight is 367 g/mol. The first-order valence-electron chi connectivity index (χ1n) is 7.46. The van der Waals surface area contributed by atoms with Crippen LogP contribution in [-0.2, 0) is 22.1 Å². The van der Waals surface area contributed by atoms with Gasteiger partial charge >= 0.3 is 12.3 Å². The number of pyridine rings is 1. The van der Waals surface area contributed by atoms with Gasteiger partial charge in [0.1, 0.15) is 0 Å². The molecule has 0 spiro atoms. The molecule has 26 heavy (non-hydrogen) atoms. The zero-order valence-electron chi connectivity index (χ0n) is 13.7. The molecule has 2 aromatic rings. The average Bonchev–Trinajstić information content (AvgIpc) is 2.61. The molecular formula is C17H16F3N3O3. The van der Waals surface area contributed by atoms with Gasteiger partial charge in [-0.05, 0) is 23.6 Å². The molecule has 0 saturated carbocycles. The summed E-state index contributed by atoms with van der Waals surface area (Å²) in [5.41, 5.74) is 6.42. The van der Waals surface area contributed by atoms with Crippen molar-refractivity contribution in [3.05, 3.63) is 53.9 Å². The molecule has 1 atom stereocenters. The van der Waals surface area contributed by atoms with E-state index in [1.807, 2.05) is 5.32 Å². The van der Waals surface area contributed by atoms with Gasteiger partial charge in [0, 0.05) is 18.0 Å². The highest BCUT2D eigenvalue weighted by Crippen LogP contribution is 2.31. The molecule has 0 aliphatic heterocycles. The van der Waals surface area contributed by atoms with Crippen LogP contribution < -0.4 is 11.1 Å². The third-order valence-electron chi connectivity index (χ3n) is 3.56. The molecule has 6 nitrogen and oxygen atoms in total. The molecule has 0 aliphatic rings. The predicted molar refractivity (Wildman–Crippen MR) is 86.9 cm³/mol. The highest BCUT2D eigenvalue weighted by atomic mass is 19.4. The van der Waals surface area contributed by atoms with Crippen LogP contribution in [0.15, 0.2) is 42.7 Å². The lowest BCUT2D eigenvalue weighted by atomic mass is 10.0. The Morgan fingerprint density at radius 2 is 1.85 bits per heavy atom. The smallest absolute Gasteiger partial charge is 0.417 e. The van der Waals surface area contributed by atoms with Crippen LogP contribution in [-0.4, -0.2) is 30.1 Å². The number of hydrogen-bond acceptors (Lipinski definition) is 5. The first-order valence-corrected chi connectivity index (χ1v) is 7.46. The van der Waals surface area contributed by atoms with Crippen LogP contribution in [0.1, 0.15) is 11.1 Å². The minimum Gasteiger partial charge on any atom is -0.453 e. The molecule has 2 rings (SSSR count). The second-order valence-electron chi connectivity index (χ2n) is 5.45. The standard InChI is InChI=1S/C17H16F3N3O3/c1-26-16(25)23-15(24)14(21)6-10-2-4-11(5-3-10)12-7-13(9-22-8-12)17(18,19)20/h2-5,7-9,14H,6,21H2,1H3,(H,23,24,25)/t14-/m0/s1. The molecule has 0 fully saturated rings. The van der Waals surface area contributed by atoms with E-state index in [1.165, 1.54) is 6.20 Å². The summed E-state index contributed by atoms with van der Waals surface area (Å²) < 4.78 is 42.6. The van der Waals surface area contributed by atoms with E-state index >= 15 is 0 Å². The number of hydrogen-bond donors (Lipinski definition) is 2. The number of aromatic nitrogens is 1. The number of methoxy groups -OCH3 is 1. The van der Waals surface area contributed by atoms with E-state index in [9.17, 15) is 22.8 Å². The van der Waals surface area contributed by atoms with Gasteiger partial charge in [0.15, 0.2) is 0 Å². The first-order chi connectivity index (χ1) is 12.2. The summed E-state index contributed by atoms with van der Waals surface area (Å²) in [5.74, 6) is -0.692. The quantitative estimate of drug-likeness (QED) is 0.866. The van der Waals surface area contributed by atoms with Crippen molar-refractivity contribution < 1.29 is 27.5 Å². The van der Waals surface area contributed by atoms with E-state index in [-0.39, 0.29) is 6.42 Å². The minimum atomic E-state index is -4.47. The van der Waals surface area contributed by atoms with E-state index in [2.05, 4.69) is 9.72 Å². The fourth-order valence-corrected chi connectivity index (χ4v) is 2.18. The predicted octanol–water partition coefficient (Wildman–Crippen LogP) is 2.52. The lowest BCUT2D eigenvalue weighted by molar-refractivity contribution is -0.137. The number of carbonyl (C=O) groups excluding carboxylic acids is 2. The van der Waals surface area contributed by atoms with Crippen molar-refractivity contribution in [1.82, 2.24) is 10.3 Å². The van der Waals surface area contributed by atoms with Crippen LogP contribution in [0.2, 0.25) is 0 Å². The monoisotopic (exact) mass is 367 g/mol. The molecule has 0 radical (unpaired) electrons. The number of alkyl carbamates (subject to hydrolysis) is 1. The van der Waals surface area contributed by atoms with Crippen LogP contribution in [0.5, 0.6) is 0 Å². The lowest BCUT2D eigenvalue weighted by Crippen LogP contribution is -2.44. The number of imide groups is 1. The summed E-state index contributed by atoms with van der Waals surface area (Å²) in [6.07, 6.45) is -3.14. The van der Waals surface area contributed by atoms with Crippen molar-refractivity contribution >= 4 is 12.0 Å². The zero-order valence-corrected chi connectivity index (χ0v) is 13.7. The maximum Gasteiger partial charge on any atom is 0.417 e. The SMILES string of the molecule is COC(=O)NC(=O)[C@@H](N)Cc1ccc(-c2cncc(C(F)(F)F)c2)cc1. The number of nitrogens with zero attached hydrogens (tertiary/aromatic N) is 1. The Morgan fingerprint density at radius 3 is 2.42 bits per heavy atom. The van der Waals surface area contributed by atoms with Gasteiger partial charge in [0.25, 0.3) is 0 Å². The Hall–Kier alpha value is -2.94. The van der Waals surface area contributed by atoms with Crippen molar-refractivity contribution in [2.45, 2.75) is 18.6 Å². The number of nitrogens with two attached hydrogens (primary N) is 1. The van der Waals surface area contributed by atoms with Crippen LogP contribution in [0.3, 0.4) is 0 Å². The topological polar surface area (TPSA) is 94.3 Å². The van der Waals surface area contributed by atoms with Crippen LogP contribution in [0.25, 0.3) is 11.1 Å². The third kappa shape index (κ3) is 5.03. The summed E-state index contributed by atoms with van der Waals surface area (Å²) >= 11 is 0. The summed E-state index contributed by atoms with van der Waals surface area (Å²) in [5, 5.41) is 1.97. The number of benzene rings is 1. The lowest BCUT2D eigenvalue weighted by Gasteiger charge is -2.12. The molecule has 3 N–H and O–H groups in total. The maximum absolute atomic E-state index is 12.8. The van der Waals surface area contributed by atoms with Crippen molar-refractivity contribution in [1.29, 1.82) is 0 Å². The molecule has 0 saturated heterocycles. The molecule has 0 unspecified atom stereocenters. The fraction of sp³-hybridized carbons (Fsp3) is 0.235. The Labute approximate surface area is 147 Å². The van der Waals surface area contributed by atoms with Crippen LogP contribution in [0, 0.1) is 0 Å². The highest BCUT2D eigenvalue weighted by Gasteiger charge is 2.31. The van der Waals surface area contributed by atoms with Crippen molar-refractivity contribution in [2.24, 2.45) is 5.73 Å². The number of alkyl halides is 3. The molecular weight excluding hydrogens is 351 g/mol. The third-order valence-corrected chi connectivity index (χ3v) is 3.56. The Balaban J connectivity index is 2.09. The largest absolute Gasteiger partial charge is 0.453 e. The number of ether oxygens (including phenoxy) is 1. The van der Waals surface area contributed by atoms with Gasteiger partial charge in [-0.3, -0.25) is 15.1 Å². The van der Waals surface area contributed by atoms with E-state index in [0.717, 1.165) is 19.4 Å².